The number of quaternary nitrogens is 1. The van der Waals surface area contributed by atoms with Crippen molar-refractivity contribution in [2.24, 2.45) is 0 Å². The predicted octanol–water partition coefficient (Wildman–Crippen LogP) is 1.09. The van der Waals surface area contributed by atoms with Crippen LogP contribution in [0.5, 0.6) is 0 Å². The van der Waals surface area contributed by atoms with Crippen LogP contribution in [0.2, 0.25) is 0 Å². The van der Waals surface area contributed by atoms with E-state index in [2.05, 4.69) is 0 Å². The van der Waals surface area contributed by atoms with Crippen molar-refractivity contribution in [2.45, 2.75) is 32.4 Å². The summed E-state index contributed by atoms with van der Waals surface area (Å²) >= 11 is 0. The highest BCUT2D eigenvalue weighted by Gasteiger charge is 2.42. The van der Waals surface area contributed by atoms with Gasteiger partial charge >= 0.3 is 6.09 Å². The molecule has 1 saturated heterocycles. The summed E-state index contributed by atoms with van der Waals surface area (Å²) in [5.74, 6) is 0. The number of nitrogens with zero attached hydrogens (tertiary/aromatic N) is 1. The molecule has 0 aromatic carbocycles. The van der Waals surface area contributed by atoms with Gasteiger partial charge in [0, 0.05) is 6.42 Å². The molecule has 1 fully saturated rings. The van der Waals surface area contributed by atoms with Crippen LogP contribution in [0.4, 0.5) is 4.79 Å². The zero-order chi connectivity index (χ0) is 9.90. The molecule has 1 rings (SSSR count). The van der Waals surface area contributed by atoms with Crippen LogP contribution in [0.15, 0.2) is 0 Å². The fourth-order valence-corrected chi connectivity index (χ4v) is 1.69. The molecule has 1 amide bonds. The lowest BCUT2D eigenvalue weighted by molar-refractivity contribution is -0.892. The fourth-order valence-electron chi connectivity index (χ4n) is 1.69. The van der Waals surface area contributed by atoms with Gasteiger partial charge in [0.2, 0.25) is 0 Å². The summed E-state index contributed by atoms with van der Waals surface area (Å²) in [6, 6.07) is 0. The lowest BCUT2D eigenvalue weighted by Gasteiger charge is -2.37. The van der Waals surface area contributed by atoms with Crippen molar-refractivity contribution < 1.29 is 19.1 Å². The van der Waals surface area contributed by atoms with Gasteiger partial charge in [-0.2, -0.15) is 4.79 Å². The van der Waals surface area contributed by atoms with Gasteiger partial charge in [-0.1, -0.05) is 0 Å². The summed E-state index contributed by atoms with van der Waals surface area (Å²) in [6.07, 6.45) is 1.76. The lowest BCUT2D eigenvalue weighted by Crippen LogP contribution is -2.59. The predicted molar refractivity (Wildman–Crippen MR) is 47.9 cm³/mol. The number of hydrogen-bond acceptors (Lipinski definition) is 3. The van der Waals surface area contributed by atoms with Crippen molar-refractivity contribution in [3.8, 4) is 0 Å². The molecular formula is C9H18NO3+. The number of aliphatic hydroxyl groups excluding tert-OH is 1. The first-order chi connectivity index (χ1) is 6.11. The molecule has 0 aromatic rings. The van der Waals surface area contributed by atoms with Gasteiger partial charge in [0.05, 0.1) is 20.2 Å². The molecule has 1 N–H and O–H groups in total. The fraction of sp³-hybridized carbons (Fsp3) is 0.889. The molecule has 1 heterocycles. The maximum atomic E-state index is 11.5. The molecule has 0 aromatic heterocycles. The summed E-state index contributed by atoms with van der Waals surface area (Å²) < 4.78 is 4.95. The van der Waals surface area contributed by atoms with Crippen LogP contribution in [-0.4, -0.2) is 42.1 Å². The topological polar surface area (TPSA) is 46.5 Å². The molecule has 0 radical (unpaired) electrons. The second-order valence-electron chi connectivity index (χ2n) is 3.67. The van der Waals surface area contributed by atoms with E-state index in [0.29, 0.717) is 19.6 Å². The minimum absolute atomic E-state index is 0.0217. The molecule has 2 unspecified atom stereocenters. The van der Waals surface area contributed by atoms with Crippen molar-refractivity contribution in [3.63, 3.8) is 0 Å². The van der Waals surface area contributed by atoms with Gasteiger partial charge in [-0.25, -0.2) is 4.48 Å². The average Bonchev–Trinajstić information content (AvgIpc) is 2.11. The monoisotopic (exact) mass is 188 g/mol. The molecule has 0 saturated carbocycles. The van der Waals surface area contributed by atoms with E-state index < -0.39 is 6.23 Å². The minimum Gasteiger partial charge on any atom is -0.420 e. The molecule has 2 atom stereocenters. The molecule has 1 aliphatic rings. The highest BCUT2D eigenvalue weighted by atomic mass is 16.6. The van der Waals surface area contributed by atoms with E-state index in [1.165, 1.54) is 0 Å². The van der Waals surface area contributed by atoms with E-state index >= 15 is 0 Å². The zero-order valence-electron chi connectivity index (χ0n) is 8.32. The van der Waals surface area contributed by atoms with Crippen LogP contribution in [0.25, 0.3) is 0 Å². The smallest absolute Gasteiger partial charge is 0.420 e. The SMILES string of the molecule is CCOC(=O)[N+]1(C)CCCCC1O. The van der Waals surface area contributed by atoms with E-state index in [0.717, 1.165) is 12.8 Å². The Morgan fingerprint density at radius 3 is 2.85 bits per heavy atom. The Kier molecular flexibility index (Phi) is 3.27. The van der Waals surface area contributed by atoms with E-state index in [-0.39, 0.29) is 10.6 Å². The van der Waals surface area contributed by atoms with Crippen LogP contribution >= 0.6 is 0 Å². The summed E-state index contributed by atoms with van der Waals surface area (Å²) in [4.78, 5) is 11.5. The first kappa shape index (κ1) is 10.5. The highest BCUT2D eigenvalue weighted by molar-refractivity contribution is 5.59. The van der Waals surface area contributed by atoms with E-state index in [9.17, 15) is 9.90 Å². The lowest BCUT2D eigenvalue weighted by atomic mass is 10.1. The Morgan fingerprint density at radius 1 is 1.62 bits per heavy atom. The van der Waals surface area contributed by atoms with E-state index in [1.54, 1.807) is 14.0 Å². The average molecular weight is 188 g/mol. The molecule has 13 heavy (non-hydrogen) atoms. The standard InChI is InChI=1S/C9H18NO3/c1-3-13-9(12)10(2)7-5-4-6-8(10)11/h8,11H,3-7H2,1-2H3/q+1. The quantitative estimate of drug-likeness (QED) is 0.627. The molecule has 0 spiro atoms. The van der Waals surface area contributed by atoms with Gasteiger partial charge in [-0.05, 0) is 19.8 Å². The van der Waals surface area contributed by atoms with Crippen LogP contribution < -0.4 is 0 Å². The number of piperidine rings is 1. The third-order valence-electron chi connectivity index (χ3n) is 2.68. The molecular weight excluding hydrogens is 170 g/mol. The van der Waals surface area contributed by atoms with Crippen LogP contribution in [-0.2, 0) is 4.74 Å². The molecule has 0 aliphatic carbocycles. The Bertz CT molecular complexity index is 195. The Labute approximate surface area is 78.7 Å². The number of hydrogen-bond donors (Lipinski definition) is 1. The molecule has 1 aliphatic heterocycles. The maximum Gasteiger partial charge on any atom is 0.517 e. The number of aliphatic hydroxyl groups is 1. The first-order valence-electron chi connectivity index (χ1n) is 4.82. The minimum atomic E-state index is -0.590. The van der Waals surface area contributed by atoms with Crippen LogP contribution in [0.1, 0.15) is 26.2 Å². The zero-order valence-corrected chi connectivity index (χ0v) is 8.32. The first-order valence-corrected chi connectivity index (χ1v) is 4.82. The Hall–Kier alpha value is -0.610. The van der Waals surface area contributed by atoms with Crippen LogP contribution in [0.3, 0.4) is 0 Å². The summed E-state index contributed by atoms with van der Waals surface area (Å²) in [6.45, 7) is 2.83. The van der Waals surface area contributed by atoms with Gasteiger partial charge < -0.3 is 9.84 Å². The third kappa shape index (κ3) is 2.00. The third-order valence-corrected chi connectivity index (χ3v) is 2.68. The van der Waals surface area contributed by atoms with E-state index in [1.807, 2.05) is 0 Å². The molecule has 76 valence electrons. The van der Waals surface area contributed by atoms with Crippen molar-refractivity contribution in [2.75, 3.05) is 20.2 Å². The largest absolute Gasteiger partial charge is 0.517 e. The van der Waals surface area contributed by atoms with Gasteiger partial charge in [0.1, 0.15) is 0 Å². The van der Waals surface area contributed by atoms with Gasteiger partial charge in [0.15, 0.2) is 6.23 Å². The second-order valence-corrected chi connectivity index (χ2v) is 3.67. The second kappa shape index (κ2) is 4.07. The van der Waals surface area contributed by atoms with Gasteiger partial charge in [0.25, 0.3) is 0 Å². The number of rotatable bonds is 1. The van der Waals surface area contributed by atoms with Crippen molar-refractivity contribution in [1.29, 1.82) is 0 Å². The van der Waals surface area contributed by atoms with Crippen molar-refractivity contribution in [3.05, 3.63) is 0 Å². The van der Waals surface area contributed by atoms with E-state index in [4.69, 9.17) is 4.74 Å². The normalized spacial score (nSPS) is 34.2. The number of amides is 1. The molecule has 0 bridgehead atoms. The van der Waals surface area contributed by atoms with Gasteiger partial charge in [-0.3, -0.25) is 0 Å². The van der Waals surface area contributed by atoms with Crippen LogP contribution in [0, 0.1) is 0 Å². The highest BCUT2D eigenvalue weighted by Crippen LogP contribution is 2.23. The Morgan fingerprint density at radius 2 is 2.31 bits per heavy atom. The molecule has 4 nitrogen and oxygen atoms in total. The van der Waals surface area contributed by atoms with Crippen molar-refractivity contribution >= 4 is 6.09 Å². The maximum absolute atomic E-state index is 11.5. The van der Waals surface area contributed by atoms with Crippen molar-refractivity contribution in [1.82, 2.24) is 0 Å². The summed E-state index contributed by atoms with van der Waals surface area (Å²) in [7, 11) is 1.74. The summed E-state index contributed by atoms with van der Waals surface area (Å²) in [5, 5.41) is 9.70. The van der Waals surface area contributed by atoms with Gasteiger partial charge in [-0.15, -0.1) is 0 Å². The number of ether oxygens (including phenoxy) is 1. The molecule has 4 heteroatoms. The number of likely N-dealkylation sites (tertiary alicyclic amines) is 1. The number of carbonyl (C=O) groups excluding carboxylic acids is 1. The number of carbonyl (C=O) groups is 1. The Balaban J connectivity index is 2.65. The summed E-state index contributed by atoms with van der Waals surface area (Å²) in [5.41, 5.74) is 0.